The van der Waals surface area contributed by atoms with Crippen molar-refractivity contribution in [2.45, 2.75) is 25.4 Å². The molecule has 0 unspecified atom stereocenters. The SMILES string of the molecule is Nc1ccc(CCCOC(=O)/C=C/c2ccc(OC(=O)c3ccc(OC(F)(F)C(F)F)cc3)cc2)c(N)c1. The van der Waals surface area contributed by atoms with E-state index in [1.165, 1.54) is 24.3 Å². The minimum absolute atomic E-state index is 0.0106. The van der Waals surface area contributed by atoms with E-state index in [1.807, 2.05) is 6.07 Å². The average molecular weight is 532 g/mol. The van der Waals surface area contributed by atoms with Gasteiger partial charge >= 0.3 is 24.5 Å². The first-order chi connectivity index (χ1) is 18.0. The molecular weight excluding hydrogens is 508 g/mol. The third-order valence-electron chi connectivity index (χ3n) is 5.11. The van der Waals surface area contributed by atoms with Gasteiger partial charge in [-0.05, 0) is 78.6 Å². The minimum atomic E-state index is -4.65. The Balaban J connectivity index is 1.44. The van der Waals surface area contributed by atoms with Gasteiger partial charge in [0.1, 0.15) is 11.5 Å². The Morgan fingerprint density at radius 1 is 0.921 bits per heavy atom. The zero-order valence-electron chi connectivity index (χ0n) is 19.9. The van der Waals surface area contributed by atoms with Crippen LogP contribution in [0.3, 0.4) is 0 Å². The first-order valence-electron chi connectivity index (χ1n) is 11.3. The van der Waals surface area contributed by atoms with Crippen LogP contribution in [0.15, 0.2) is 72.8 Å². The lowest BCUT2D eigenvalue weighted by atomic mass is 10.1. The standard InChI is InChI=1S/C27H24F4N2O5/c28-26(29)27(30,31)38-22-12-7-19(8-13-22)25(35)37-21-10-3-17(4-11-21)5-14-24(34)36-15-1-2-18-6-9-20(32)16-23(18)33/h3-14,16,26H,1-2,15,32-33H2/b14-5+. The monoisotopic (exact) mass is 532 g/mol. The number of ether oxygens (including phenoxy) is 3. The van der Waals surface area contributed by atoms with E-state index in [0.717, 1.165) is 29.8 Å². The van der Waals surface area contributed by atoms with E-state index in [9.17, 15) is 27.2 Å². The van der Waals surface area contributed by atoms with Crippen molar-refractivity contribution in [3.63, 3.8) is 0 Å². The molecular formula is C27H24F4N2O5. The van der Waals surface area contributed by atoms with Gasteiger partial charge in [0.25, 0.3) is 0 Å². The van der Waals surface area contributed by atoms with E-state index >= 15 is 0 Å². The van der Waals surface area contributed by atoms with Crippen molar-refractivity contribution in [2.24, 2.45) is 0 Å². The van der Waals surface area contributed by atoms with Gasteiger partial charge in [0.15, 0.2) is 0 Å². The van der Waals surface area contributed by atoms with Crippen LogP contribution in [0.1, 0.15) is 27.9 Å². The highest BCUT2D eigenvalue weighted by Gasteiger charge is 2.43. The minimum Gasteiger partial charge on any atom is -0.463 e. The fourth-order valence-electron chi connectivity index (χ4n) is 3.16. The maximum atomic E-state index is 13.0. The number of nitrogen functional groups attached to an aromatic ring is 2. The highest BCUT2D eigenvalue weighted by molar-refractivity contribution is 5.91. The van der Waals surface area contributed by atoms with Crippen LogP contribution in [0.25, 0.3) is 6.08 Å². The molecule has 0 aromatic heterocycles. The number of hydrogen-bond donors (Lipinski definition) is 2. The lowest BCUT2D eigenvalue weighted by molar-refractivity contribution is -0.253. The lowest BCUT2D eigenvalue weighted by Crippen LogP contribution is -2.33. The summed E-state index contributed by atoms with van der Waals surface area (Å²) in [5.74, 6) is -1.68. The normalized spacial score (nSPS) is 11.5. The summed E-state index contributed by atoms with van der Waals surface area (Å²) in [7, 11) is 0. The topological polar surface area (TPSA) is 114 Å². The molecule has 0 saturated carbocycles. The lowest BCUT2D eigenvalue weighted by Gasteiger charge is -2.16. The number of nitrogens with two attached hydrogens (primary N) is 2. The van der Waals surface area contributed by atoms with Crippen LogP contribution in [0.4, 0.5) is 28.9 Å². The first-order valence-corrected chi connectivity index (χ1v) is 11.3. The fourth-order valence-corrected chi connectivity index (χ4v) is 3.16. The Bertz CT molecular complexity index is 1280. The zero-order valence-corrected chi connectivity index (χ0v) is 19.9. The summed E-state index contributed by atoms with van der Waals surface area (Å²) < 4.78 is 64.7. The number of carbonyl (C=O) groups excluding carboxylic acids is 2. The molecule has 0 heterocycles. The highest BCUT2D eigenvalue weighted by Crippen LogP contribution is 2.27. The number of halogens is 4. The van der Waals surface area contributed by atoms with E-state index < -0.39 is 30.2 Å². The Labute approximate surface area is 215 Å². The number of anilines is 2. The summed E-state index contributed by atoms with van der Waals surface area (Å²) in [6.07, 6.45) is -4.63. The number of rotatable bonds is 11. The quantitative estimate of drug-likeness (QED) is 0.0838. The van der Waals surface area contributed by atoms with E-state index in [4.69, 9.17) is 20.9 Å². The summed E-state index contributed by atoms with van der Waals surface area (Å²) in [5, 5.41) is 0. The molecule has 38 heavy (non-hydrogen) atoms. The Morgan fingerprint density at radius 2 is 1.58 bits per heavy atom. The maximum Gasteiger partial charge on any atom is 0.461 e. The zero-order chi connectivity index (χ0) is 27.7. The molecule has 0 amide bonds. The molecule has 0 spiro atoms. The number of benzene rings is 3. The molecule has 0 bridgehead atoms. The third-order valence-corrected chi connectivity index (χ3v) is 5.11. The van der Waals surface area contributed by atoms with Gasteiger partial charge in [0, 0.05) is 17.5 Å². The van der Waals surface area contributed by atoms with Crippen molar-refractivity contribution in [3.05, 3.63) is 89.5 Å². The Morgan fingerprint density at radius 3 is 2.21 bits per heavy atom. The van der Waals surface area contributed by atoms with Crippen LogP contribution >= 0.6 is 0 Å². The molecule has 200 valence electrons. The molecule has 0 saturated heterocycles. The molecule has 3 rings (SSSR count). The van der Waals surface area contributed by atoms with Crippen molar-refractivity contribution >= 4 is 29.4 Å². The van der Waals surface area contributed by atoms with Gasteiger partial charge in [0.2, 0.25) is 0 Å². The molecule has 3 aromatic rings. The van der Waals surface area contributed by atoms with Gasteiger partial charge in [0.05, 0.1) is 12.2 Å². The summed E-state index contributed by atoms with van der Waals surface area (Å²) in [5.41, 5.74) is 14.3. The molecule has 0 aliphatic carbocycles. The number of esters is 2. The molecule has 7 nitrogen and oxygen atoms in total. The van der Waals surface area contributed by atoms with Crippen LogP contribution in [0.2, 0.25) is 0 Å². The highest BCUT2D eigenvalue weighted by atomic mass is 19.3. The largest absolute Gasteiger partial charge is 0.463 e. The molecule has 4 N–H and O–H groups in total. The van der Waals surface area contributed by atoms with Crippen LogP contribution in [-0.4, -0.2) is 31.1 Å². The van der Waals surface area contributed by atoms with Gasteiger partial charge in [-0.15, -0.1) is 0 Å². The molecule has 0 aliphatic rings. The molecule has 0 fully saturated rings. The van der Waals surface area contributed by atoms with Crippen LogP contribution in [0, 0.1) is 0 Å². The predicted octanol–water partition coefficient (Wildman–Crippen LogP) is 5.50. The molecule has 0 aliphatic heterocycles. The van der Waals surface area contributed by atoms with Crippen molar-refractivity contribution < 1.29 is 41.4 Å². The fraction of sp³-hybridized carbons (Fsp3) is 0.185. The van der Waals surface area contributed by atoms with Crippen molar-refractivity contribution in [2.75, 3.05) is 18.1 Å². The second kappa shape index (κ2) is 12.6. The average Bonchev–Trinajstić information content (AvgIpc) is 2.87. The number of carbonyl (C=O) groups is 2. The number of aryl methyl sites for hydroxylation is 1. The van der Waals surface area contributed by atoms with E-state index in [1.54, 1.807) is 24.3 Å². The summed E-state index contributed by atoms with van der Waals surface area (Å²) in [4.78, 5) is 24.2. The summed E-state index contributed by atoms with van der Waals surface area (Å²) in [6, 6.07) is 15.5. The van der Waals surface area contributed by atoms with E-state index in [2.05, 4.69) is 4.74 Å². The number of hydrogen-bond acceptors (Lipinski definition) is 7. The van der Waals surface area contributed by atoms with Crippen molar-refractivity contribution in [1.82, 2.24) is 0 Å². The van der Waals surface area contributed by atoms with Gasteiger partial charge in [-0.1, -0.05) is 18.2 Å². The second-order valence-electron chi connectivity index (χ2n) is 8.01. The Kier molecular flexibility index (Phi) is 9.31. The molecule has 0 radical (unpaired) electrons. The second-order valence-corrected chi connectivity index (χ2v) is 8.01. The van der Waals surface area contributed by atoms with Crippen molar-refractivity contribution in [3.8, 4) is 11.5 Å². The molecule has 3 aromatic carbocycles. The first kappa shape index (κ1) is 28.0. The number of alkyl halides is 4. The van der Waals surface area contributed by atoms with Crippen LogP contribution < -0.4 is 20.9 Å². The van der Waals surface area contributed by atoms with Gasteiger partial charge in [-0.3, -0.25) is 0 Å². The van der Waals surface area contributed by atoms with Crippen molar-refractivity contribution in [1.29, 1.82) is 0 Å². The van der Waals surface area contributed by atoms with E-state index in [-0.39, 0.29) is 17.9 Å². The van der Waals surface area contributed by atoms with Crippen LogP contribution in [-0.2, 0) is 16.0 Å². The molecule has 0 atom stereocenters. The van der Waals surface area contributed by atoms with Gasteiger partial charge < -0.3 is 25.7 Å². The van der Waals surface area contributed by atoms with Gasteiger partial charge in [-0.2, -0.15) is 17.6 Å². The van der Waals surface area contributed by atoms with Crippen LogP contribution in [0.5, 0.6) is 11.5 Å². The predicted molar refractivity (Wildman–Crippen MR) is 133 cm³/mol. The summed E-state index contributed by atoms with van der Waals surface area (Å²) >= 11 is 0. The Hall–Kier alpha value is -4.54. The van der Waals surface area contributed by atoms with Gasteiger partial charge in [-0.25, -0.2) is 9.59 Å². The maximum absolute atomic E-state index is 13.0. The third kappa shape index (κ3) is 8.26. The van der Waals surface area contributed by atoms with E-state index in [0.29, 0.717) is 29.8 Å². The smallest absolute Gasteiger partial charge is 0.461 e. The summed E-state index contributed by atoms with van der Waals surface area (Å²) in [6.45, 7) is 0.212. The molecule has 11 heteroatoms.